The SMILES string of the molecule is CC(C)CC(=O)O[C@@H]1OC=C(CO[C@@H]2O[C@@H](CO)C[C@H](O)[C@H]2O)[C@H]2C3OC3[C@@](O)(CO)[C@@H]12. The molecule has 5 N–H and O–H groups in total. The zero-order valence-corrected chi connectivity index (χ0v) is 18.1. The van der Waals surface area contributed by atoms with Crippen molar-refractivity contribution in [1.29, 1.82) is 0 Å². The van der Waals surface area contributed by atoms with E-state index in [0.29, 0.717) is 5.57 Å². The lowest BCUT2D eigenvalue weighted by atomic mass is 9.79. The van der Waals surface area contributed by atoms with Crippen LogP contribution in [0.5, 0.6) is 0 Å². The number of hydrogen-bond acceptors (Lipinski definition) is 11. The van der Waals surface area contributed by atoms with Gasteiger partial charge in [-0.2, -0.15) is 0 Å². The minimum atomic E-state index is -1.66. The number of carbonyl (C=O) groups is 1. The van der Waals surface area contributed by atoms with E-state index in [1.165, 1.54) is 6.26 Å². The van der Waals surface area contributed by atoms with E-state index < -0.39 is 73.1 Å². The van der Waals surface area contributed by atoms with Gasteiger partial charge in [-0.05, 0) is 11.5 Å². The normalized spacial score (nSPS) is 45.0. The number of epoxide rings is 1. The lowest BCUT2D eigenvalue weighted by Crippen LogP contribution is -2.54. The van der Waals surface area contributed by atoms with Gasteiger partial charge in [0.25, 0.3) is 0 Å². The van der Waals surface area contributed by atoms with E-state index in [0.717, 1.165) is 0 Å². The first-order valence-electron chi connectivity index (χ1n) is 11.0. The Bertz CT molecular complexity index is 727. The fourth-order valence-electron chi connectivity index (χ4n) is 4.96. The first kappa shape index (κ1) is 23.8. The molecular weight excluding hydrogens is 428 g/mol. The second-order valence-electron chi connectivity index (χ2n) is 9.42. The highest BCUT2D eigenvalue weighted by molar-refractivity contribution is 5.69. The van der Waals surface area contributed by atoms with E-state index >= 15 is 0 Å². The van der Waals surface area contributed by atoms with Crippen LogP contribution in [0.15, 0.2) is 11.8 Å². The van der Waals surface area contributed by atoms with Crippen LogP contribution in [-0.4, -0.2) is 100 Å². The summed E-state index contributed by atoms with van der Waals surface area (Å²) in [4.78, 5) is 12.2. The molecule has 0 bridgehead atoms. The minimum absolute atomic E-state index is 0.0819. The molecule has 0 amide bonds. The van der Waals surface area contributed by atoms with Crippen LogP contribution < -0.4 is 0 Å². The Balaban J connectivity index is 1.48. The number of hydrogen-bond donors (Lipinski definition) is 5. The predicted molar refractivity (Wildman–Crippen MR) is 105 cm³/mol. The molecule has 11 heteroatoms. The molecule has 3 fully saturated rings. The van der Waals surface area contributed by atoms with Crippen LogP contribution in [0.3, 0.4) is 0 Å². The molecule has 1 saturated carbocycles. The van der Waals surface area contributed by atoms with Crippen molar-refractivity contribution >= 4 is 5.97 Å². The molecule has 4 rings (SSSR count). The summed E-state index contributed by atoms with van der Waals surface area (Å²) in [6, 6.07) is 0. The summed E-state index contributed by atoms with van der Waals surface area (Å²) in [6.07, 6.45) is -4.74. The summed E-state index contributed by atoms with van der Waals surface area (Å²) in [5.74, 6) is -1.62. The summed E-state index contributed by atoms with van der Waals surface area (Å²) in [6.45, 7) is 2.74. The number of esters is 1. The molecule has 0 aromatic heterocycles. The summed E-state index contributed by atoms with van der Waals surface area (Å²) >= 11 is 0. The van der Waals surface area contributed by atoms with Crippen LogP contribution in [0.1, 0.15) is 26.7 Å². The van der Waals surface area contributed by atoms with Gasteiger partial charge in [-0.3, -0.25) is 4.79 Å². The summed E-state index contributed by atoms with van der Waals surface area (Å²) in [5, 5.41) is 50.5. The average Bonchev–Trinajstić information content (AvgIpc) is 3.50. The maximum atomic E-state index is 12.2. The Kier molecular flexibility index (Phi) is 6.81. The van der Waals surface area contributed by atoms with Crippen LogP contribution in [0.2, 0.25) is 0 Å². The van der Waals surface area contributed by atoms with Crippen molar-refractivity contribution in [3.63, 3.8) is 0 Å². The van der Waals surface area contributed by atoms with Crippen molar-refractivity contribution in [1.82, 2.24) is 0 Å². The second-order valence-corrected chi connectivity index (χ2v) is 9.42. The molecule has 182 valence electrons. The fraction of sp³-hybridized carbons (Fsp3) is 0.857. The molecule has 2 unspecified atom stereocenters. The predicted octanol–water partition coefficient (Wildman–Crippen LogP) is -1.60. The van der Waals surface area contributed by atoms with Crippen LogP contribution in [0, 0.1) is 17.8 Å². The zero-order chi connectivity index (χ0) is 23.2. The summed E-state index contributed by atoms with van der Waals surface area (Å²) in [5.41, 5.74) is -1.09. The molecule has 3 heterocycles. The summed E-state index contributed by atoms with van der Waals surface area (Å²) in [7, 11) is 0. The van der Waals surface area contributed by atoms with Crippen molar-refractivity contribution in [3.05, 3.63) is 11.8 Å². The quantitative estimate of drug-likeness (QED) is 0.209. The maximum absolute atomic E-state index is 12.2. The smallest absolute Gasteiger partial charge is 0.309 e. The molecule has 0 aromatic rings. The highest BCUT2D eigenvalue weighted by Crippen LogP contribution is 2.58. The molecule has 4 aliphatic rings. The lowest BCUT2D eigenvalue weighted by molar-refractivity contribution is -0.270. The van der Waals surface area contributed by atoms with Gasteiger partial charge in [0.05, 0.1) is 50.3 Å². The third-order valence-corrected chi connectivity index (χ3v) is 6.61. The van der Waals surface area contributed by atoms with Crippen molar-refractivity contribution in [2.75, 3.05) is 19.8 Å². The van der Waals surface area contributed by atoms with Gasteiger partial charge in [-0.1, -0.05) is 13.8 Å². The fourth-order valence-corrected chi connectivity index (χ4v) is 4.96. The zero-order valence-electron chi connectivity index (χ0n) is 18.1. The van der Waals surface area contributed by atoms with Crippen LogP contribution in [0.4, 0.5) is 0 Å². The number of fused-ring (bicyclic) bond motifs is 3. The maximum Gasteiger partial charge on any atom is 0.309 e. The molecule has 0 aromatic carbocycles. The van der Waals surface area contributed by atoms with Crippen LogP contribution >= 0.6 is 0 Å². The topological polar surface area (TPSA) is 168 Å². The van der Waals surface area contributed by atoms with Gasteiger partial charge < -0.3 is 49.2 Å². The molecule has 0 radical (unpaired) electrons. The second kappa shape index (κ2) is 9.15. The van der Waals surface area contributed by atoms with E-state index in [1.807, 2.05) is 13.8 Å². The third-order valence-electron chi connectivity index (χ3n) is 6.61. The lowest BCUT2D eigenvalue weighted by Gasteiger charge is -2.41. The van der Waals surface area contributed by atoms with Gasteiger partial charge in [-0.25, -0.2) is 0 Å². The number of aliphatic hydroxyl groups is 5. The van der Waals surface area contributed by atoms with Gasteiger partial charge >= 0.3 is 5.97 Å². The number of ether oxygens (including phenoxy) is 5. The molecule has 0 spiro atoms. The van der Waals surface area contributed by atoms with Gasteiger partial charge in [0, 0.05) is 18.8 Å². The first-order valence-corrected chi connectivity index (χ1v) is 11.0. The van der Waals surface area contributed by atoms with Crippen molar-refractivity contribution in [2.24, 2.45) is 17.8 Å². The molecule has 3 aliphatic heterocycles. The van der Waals surface area contributed by atoms with Crippen molar-refractivity contribution in [3.8, 4) is 0 Å². The van der Waals surface area contributed by atoms with E-state index in [9.17, 15) is 30.3 Å². The molecule has 1 aliphatic carbocycles. The van der Waals surface area contributed by atoms with Gasteiger partial charge in [-0.15, -0.1) is 0 Å². The monoisotopic (exact) mass is 460 g/mol. The van der Waals surface area contributed by atoms with E-state index in [-0.39, 0.29) is 32.0 Å². The molecular formula is C21H32O11. The van der Waals surface area contributed by atoms with E-state index in [1.54, 1.807) is 0 Å². The minimum Gasteiger partial charge on any atom is -0.462 e. The Hall–Kier alpha value is -1.31. The van der Waals surface area contributed by atoms with Crippen molar-refractivity contribution < 1.29 is 54.0 Å². The number of rotatable bonds is 8. The van der Waals surface area contributed by atoms with E-state index in [4.69, 9.17) is 23.7 Å². The molecule has 11 nitrogen and oxygen atoms in total. The van der Waals surface area contributed by atoms with Gasteiger partial charge in [0.1, 0.15) is 17.8 Å². The Morgan fingerprint density at radius 3 is 2.66 bits per heavy atom. The summed E-state index contributed by atoms with van der Waals surface area (Å²) < 4.78 is 27.9. The van der Waals surface area contributed by atoms with Crippen LogP contribution in [-0.2, 0) is 28.5 Å². The highest BCUT2D eigenvalue weighted by Gasteiger charge is 2.74. The standard InChI is InChI=1S/C21H32O11/c1-9(2)3-13(25)31-19-15-14(17-18(32-17)21(15,27)8-23)10(6-28-19)7-29-20-16(26)12(24)4-11(5-22)30-20/h6,9,11-12,14-20,22-24,26-27H,3-5,7-8H2,1-2H3/t11-,12+,14-,15-,16-,17?,18?,19+,20-,21-/m1/s1. The van der Waals surface area contributed by atoms with Gasteiger partial charge in [0.15, 0.2) is 6.29 Å². The first-order chi connectivity index (χ1) is 15.2. The highest BCUT2D eigenvalue weighted by atomic mass is 16.7. The molecule has 2 saturated heterocycles. The molecule has 10 atom stereocenters. The largest absolute Gasteiger partial charge is 0.462 e. The van der Waals surface area contributed by atoms with E-state index in [2.05, 4.69) is 0 Å². The Morgan fingerprint density at radius 1 is 1.25 bits per heavy atom. The average molecular weight is 460 g/mol. The Labute approximate surface area is 185 Å². The number of carbonyl (C=O) groups excluding carboxylic acids is 1. The number of aliphatic hydroxyl groups excluding tert-OH is 4. The third kappa shape index (κ3) is 4.28. The van der Waals surface area contributed by atoms with Crippen LogP contribution in [0.25, 0.3) is 0 Å². The van der Waals surface area contributed by atoms with Gasteiger partial charge in [0.2, 0.25) is 6.29 Å². The Morgan fingerprint density at radius 2 is 2.00 bits per heavy atom. The molecule has 32 heavy (non-hydrogen) atoms. The van der Waals surface area contributed by atoms with Crippen molar-refractivity contribution in [2.45, 2.75) is 75.4 Å².